The number of unbranched alkanes of at least 4 members (excludes halogenated alkanes) is 21. The third-order valence-corrected chi connectivity index (χ3v) is 56.5. The Morgan fingerprint density at radius 2 is 0.510 bits per heavy atom. The fourth-order valence-corrected chi connectivity index (χ4v) is 52.0. The number of nitrogens with zero attached hydrogens (tertiary/aromatic N) is 4. The van der Waals surface area contributed by atoms with Crippen LogP contribution in [0.25, 0.3) is 21.5 Å². The van der Waals surface area contributed by atoms with E-state index in [1.54, 1.807) is 57.0 Å². The van der Waals surface area contributed by atoms with Gasteiger partial charge in [0.05, 0.1) is 5.56 Å². The van der Waals surface area contributed by atoms with Crippen LogP contribution in [0.3, 0.4) is 0 Å². The molecule has 8 rings (SSSR count). The zero-order valence-corrected chi connectivity index (χ0v) is 77.8. The van der Waals surface area contributed by atoms with Crippen LogP contribution in [-0.4, -0.2) is 151 Å². The summed E-state index contributed by atoms with van der Waals surface area (Å²) in [5.74, 6) is -2.48. The van der Waals surface area contributed by atoms with E-state index in [2.05, 4.69) is 112 Å². The number of carbonyl (C=O) groups excluding carboxylic acids is 8. The van der Waals surface area contributed by atoms with Gasteiger partial charge in [-0.05, 0) is 47.0 Å². The average molecular weight is 1820 g/mol. The molecule has 0 atom stereocenters. The molecule has 0 saturated carbocycles. The van der Waals surface area contributed by atoms with Crippen molar-refractivity contribution in [2.24, 2.45) is 0 Å². The number of benzene rings is 4. The van der Waals surface area contributed by atoms with Gasteiger partial charge in [0, 0.05) is 45.0 Å². The second-order valence-electron chi connectivity index (χ2n) is 30.5. The third kappa shape index (κ3) is 24.7. The van der Waals surface area contributed by atoms with Gasteiger partial charge in [-0.25, -0.2) is 0 Å². The van der Waals surface area contributed by atoms with E-state index in [0.29, 0.717) is 96.7 Å². The van der Waals surface area contributed by atoms with Crippen LogP contribution >= 0.6 is 15.9 Å². The van der Waals surface area contributed by atoms with E-state index in [-0.39, 0.29) is 47.3 Å². The zero-order chi connectivity index (χ0) is 76.1. The Hall–Kier alpha value is -3.16. The van der Waals surface area contributed by atoms with Gasteiger partial charge in [0.2, 0.25) is 0 Å². The van der Waals surface area contributed by atoms with Gasteiger partial charge < -0.3 is 0 Å². The van der Waals surface area contributed by atoms with Crippen LogP contribution in [0.15, 0.2) is 40.9 Å². The predicted molar refractivity (Wildman–Crippen MR) is 448 cm³/mol. The first-order valence-corrected chi connectivity index (χ1v) is 62.9. The van der Waals surface area contributed by atoms with E-state index < -0.39 is 57.9 Å². The summed E-state index contributed by atoms with van der Waals surface area (Å²) in [5.41, 5.74) is 3.63. The third-order valence-electron chi connectivity index (χ3n) is 22.1. The molecule has 2 radical (unpaired) electrons. The van der Waals surface area contributed by atoms with Gasteiger partial charge in [0.25, 0.3) is 23.6 Å². The normalized spacial score (nSPS) is 14.0. The first-order valence-electron chi connectivity index (χ1n) is 42.5. The standard InChI is InChI=1S/C26H29BrN2O4.C26H29N2O4.9C4H9.3Sn/c1-3-5-7-9-13-28-23(30)16-11-12-17-21-20(16)18(25(28)32)15-19(27)22(21)26(33)29(24(17)31)14-10-8-6-4-2;1-3-5-7-9-15-27-23(29)17-11-13-19-22-20(14-12-18(21(17)22)24(27)30)26(32)28(25(19)31)16-10-8-6-4-2;9*1-3-4-2;;;/h11-12,15H,3-10,13-14H2,1-2H3;11-13H,3-10,15-16H2,1-2H3;9*1,3-4H2,2H3;;;. The SMILES string of the molecule is CCCCCCN1C(=O)c2ccc3c4c([c]([Sn]([CH2]CCC)([CH2]CCC)[CH2]CCC)cc(c24)C1=O)C(=O)N(CCCCCC)C3=O.CCCCCCN1C(=O)c2ccc3c4c(c(Br)cc(c24)C1=O)C(=O)N(CCCCCC)C3=O.CCC[CH2][Sn]([CH2]CCC)[CH2]CCC.CCC[CH2][Sn]([CH2]CCC)[CH2]CCC. The number of hydrogen-bond acceptors (Lipinski definition) is 8. The van der Waals surface area contributed by atoms with Crippen LogP contribution in [0.4, 0.5) is 0 Å². The Bertz CT molecular complexity index is 3320. The van der Waals surface area contributed by atoms with Crippen LogP contribution in [0, 0.1) is 0 Å². The fourth-order valence-electron chi connectivity index (χ4n) is 15.7. The molecule has 0 fully saturated rings. The topological polar surface area (TPSA) is 150 Å². The number of imide groups is 4. The first-order chi connectivity index (χ1) is 50.4. The van der Waals surface area contributed by atoms with E-state index in [1.807, 2.05) is 0 Å². The molecule has 0 unspecified atom stereocenters. The van der Waals surface area contributed by atoms with Gasteiger partial charge in [-0.1, -0.05) is 52.4 Å². The molecule has 4 aromatic carbocycles. The van der Waals surface area contributed by atoms with Gasteiger partial charge in [-0.3, -0.25) is 29.0 Å². The number of amides is 8. The quantitative estimate of drug-likeness (QED) is 0.0241. The number of carbonyl (C=O) groups is 8. The molecular formula is C88H139BrN4O8Sn3. The van der Waals surface area contributed by atoms with Gasteiger partial charge in [0.15, 0.2) is 0 Å². The summed E-state index contributed by atoms with van der Waals surface area (Å²) in [5, 5.41) is 1.99. The summed E-state index contributed by atoms with van der Waals surface area (Å²) >= 11 is -1.53. The van der Waals surface area contributed by atoms with E-state index in [1.165, 1.54) is 96.6 Å². The van der Waals surface area contributed by atoms with Gasteiger partial charge in [-0.2, -0.15) is 0 Å². The predicted octanol–water partition coefficient (Wildman–Crippen LogP) is 25.0. The zero-order valence-electron chi connectivity index (χ0n) is 67.6. The molecule has 4 heterocycles. The van der Waals surface area contributed by atoms with Crippen LogP contribution < -0.4 is 3.58 Å². The maximum absolute atomic E-state index is 14.7. The van der Waals surface area contributed by atoms with E-state index >= 15 is 0 Å². The summed E-state index contributed by atoms with van der Waals surface area (Å²) in [6.07, 6.45) is 39.8. The molecule has 0 saturated heterocycles. The van der Waals surface area contributed by atoms with Crippen LogP contribution in [0.1, 0.15) is 391 Å². The van der Waals surface area contributed by atoms with Crippen molar-refractivity contribution in [1.29, 1.82) is 0 Å². The Balaban J connectivity index is 0.000000285. The van der Waals surface area contributed by atoms with Gasteiger partial charge in [-0.15, -0.1) is 0 Å². The van der Waals surface area contributed by atoms with E-state index in [9.17, 15) is 38.4 Å². The molecule has 0 bridgehead atoms. The molecule has 4 aromatic rings. The monoisotopic (exact) mass is 1820 g/mol. The number of rotatable bonds is 48. The van der Waals surface area contributed by atoms with Crippen molar-refractivity contribution in [2.45, 2.75) is 348 Å². The summed E-state index contributed by atoms with van der Waals surface area (Å²) < 4.78 is 15.1. The number of halogens is 1. The summed E-state index contributed by atoms with van der Waals surface area (Å²) in [6, 6.07) is 10.5. The molecule has 4 aliphatic rings. The van der Waals surface area contributed by atoms with Crippen molar-refractivity contribution in [3.05, 3.63) is 85.4 Å². The first kappa shape index (κ1) is 91.4. The van der Waals surface area contributed by atoms with Crippen molar-refractivity contribution in [3.8, 4) is 0 Å². The van der Waals surface area contributed by atoms with Crippen molar-refractivity contribution >= 4 is 146 Å². The molecule has 0 spiro atoms. The Morgan fingerprint density at radius 3 is 0.798 bits per heavy atom. The molecule has 104 heavy (non-hydrogen) atoms. The Kier molecular flexibility index (Phi) is 43.9. The molecule has 16 heteroatoms. The molecule has 12 nitrogen and oxygen atoms in total. The molecule has 0 aromatic heterocycles. The second kappa shape index (κ2) is 49.9. The molecule has 0 aliphatic carbocycles. The Morgan fingerprint density at radius 1 is 0.269 bits per heavy atom. The molecule has 578 valence electrons. The van der Waals surface area contributed by atoms with Crippen molar-refractivity contribution in [3.63, 3.8) is 0 Å². The van der Waals surface area contributed by atoms with Crippen molar-refractivity contribution in [2.75, 3.05) is 26.2 Å². The average Bonchev–Trinajstić information content (AvgIpc) is 0.708. The molecule has 4 aliphatic heterocycles. The van der Waals surface area contributed by atoms with Gasteiger partial charge in [0.1, 0.15) is 0 Å². The summed E-state index contributed by atoms with van der Waals surface area (Å²) in [7, 11) is 0. The molecule has 8 amide bonds. The maximum atomic E-state index is 14.7. The van der Waals surface area contributed by atoms with E-state index in [4.69, 9.17) is 0 Å². The van der Waals surface area contributed by atoms with Crippen molar-refractivity contribution < 1.29 is 38.4 Å². The van der Waals surface area contributed by atoms with Crippen LogP contribution in [0.5, 0.6) is 0 Å². The number of hydrogen-bond donors (Lipinski definition) is 0. The minimum absolute atomic E-state index is 0.199. The molecular weight excluding hydrogens is 1680 g/mol. The van der Waals surface area contributed by atoms with Gasteiger partial charge >= 0.3 is 461 Å². The summed E-state index contributed by atoms with van der Waals surface area (Å²) in [6.45, 7) is 30.8. The minimum atomic E-state index is -3.34. The molecule has 0 N–H and O–H groups in total. The van der Waals surface area contributed by atoms with Crippen molar-refractivity contribution in [1.82, 2.24) is 19.6 Å². The second-order valence-corrected chi connectivity index (χ2v) is 61.6. The van der Waals surface area contributed by atoms with E-state index in [0.717, 1.165) is 158 Å². The van der Waals surface area contributed by atoms with Crippen LogP contribution in [-0.2, 0) is 0 Å². The fraction of sp³-hybridized carbons (Fsp3) is 0.682. The van der Waals surface area contributed by atoms with Crippen LogP contribution in [0.2, 0.25) is 39.9 Å². The summed E-state index contributed by atoms with van der Waals surface area (Å²) in [4.78, 5) is 116. The Labute approximate surface area is 657 Å².